The fraction of sp³-hybridized carbons (Fsp3) is 0.182. The Hall–Kier alpha value is -2.17. The summed E-state index contributed by atoms with van der Waals surface area (Å²) in [4.78, 5) is 8.64. The lowest BCUT2D eigenvalue weighted by Crippen LogP contribution is -2.18. The number of anilines is 1. The molecule has 0 aromatic carbocycles. The van der Waals surface area contributed by atoms with E-state index in [0.717, 1.165) is 24.7 Å². The first-order valence-corrected chi connectivity index (χ1v) is 5.01. The van der Waals surface area contributed by atoms with Crippen molar-refractivity contribution >= 4 is 5.82 Å². The Morgan fingerprint density at radius 2 is 2.31 bits per heavy atom. The number of ether oxygens (including phenoxy) is 1. The number of nitrogens with one attached hydrogen (secondary N) is 2. The van der Waals surface area contributed by atoms with Gasteiger partial charge in [0.25, 0.3) is 0 Å². The fourth-order valence-corrected chi connectivity index (χ4v) is 1.23. The Morgan fingerprint density at radius 3 is 2.94 bits per heavy atom. The number of nitrogens with zero attached hydrogens (tertiary/aromatic N) is 1. The Morgan fingerprint density at radius 1 is 1.31 bits per heavy atom. The summed E-state index contributed by atoms with van der Waals surface area (Å²) < 4.78 is 5.30. The lowest BCUT2D eigenvalue weighted by Gasteiger charge is -2.16. The maximum atomic E-state index is 5.30. The maximum absolute atomic E-state index is 5.30. The van der Waals surface area contributed by atoms with Gasteiger partial charge < -0.3 is 14.9 Å². The molecule has 16 heavy (non-hydrogen) atoms. The molecule has 2 aliphatic heterocycles. The molecule has 0 atom stereocenters. The van der Waals surface area contributed by atoms with Crippen molar-refractivity contribution in [2.75, 3.05) is 18.5 Å². The van der Waals surface area contributed by atoms with Gasteiger partial charge >= 0.3 is 0 Å². The van der Waals surface area contributed by atoms with Crippen LogP contribution in [0.3, 0.4) is 0 Å². The lowest BCUT2D eigenvalue weighted by atomic mass is 10.4. The SMILES string of the molecule is C1=CNOC=C1.c1cnc2c(c1)OCCN2. The van der Waals surface area contributed by atoms with Gasteiger partial charge in [0, 0.05) is 12.4 Å². The van der Waals surface area contributed by atoms with Gasteiger partial charge in [0.05, 0.1) is 6.54 Å². The van der Waals surface area contributed by atoms with Gasteiger partial charge in [0.1, 0.15) is 12.9 Å². The van der Waals surface area contributed by atoms with Crippen molar-refractivity contribution in [1.29, 1.82) is 0 Å². The minimum atomic E-state index is 0.735. The van der Waals surface area contributed by atoms with Gasteiger partial charge in [-0.05, 0) is 24.3 Å². The molecular weight excluding hydrogens is 206 g/mol. The predicted octanol–water partition coefficient (Wildman–Crippen LogP) is 1.43. The average Bonchev–Trinajstić information content (AvgIpc) is 2.42. The lowest BCUT2D eigenvalue weighted by molar-refractivity contribution is 0.172. The van der Waals surface area contributed by atoms with Crippen molar-refractivity contribution in [3.63, 3.8) is 0 Å². The van der Waals surface area contributed by atoms with Gasteiger partial charge in [0.15, 0.2) is 11.6 Å². The summed E-state index contributed by atoms with van der Waals surface area (Å²) in [5.41, 5.74) is 2.52. The van der Waals surface area contributed by atoms with Crippen LogP contribution in [-0.4, -0.2) is 18.1 Å². The second kappa shape index (κ2) is 5.65. The molecule has 0 aliphatic carbocycles. The van der Waals surface area contributed by atoms with Gasteiger partial charge in [-0.15, -0.1) is 0 Å². The fourth-order valence-electron chi connectivity index (χ4n) is 1.23. The monoisotopic (exact) mass is 219 g/mol. The largest absolute Gasteiger partial charge is 0.488 e. The van der Waals surface area contributed by atoms with E-state index in [1.165, 1.54) is 0 Å². The number of hydrogen-bond donors (Lipinski definition) is 2. The van der Waals surface area contributed by atoms with Gasteiger partial charge in [-0.2, -0.15) is 0 Å². The van der Waals surface area contributed by atoms with E-state index in [1.807, 2.05) is 18.2 Å². The van der Waals surface area contributed by atoms with Gasteiger partial charge in [-0.3, -0.25) is 0 Å². The molecule has 0 saturated carbocycles. The molecule has 5 nitrogen and oxygen atoms in total. The van der Waals surface area contributed by atoms with E-state index in [4.69, 9.17) is 4.74 Å². The summed E-state index contributed by atoms with van der Waals surface area (Å²) in [6.07, 6.45) is 8.68. The van der Waals surface area contributed by atoms with Crippen LogP contribution >= 0.6 is 0 Å². The summed E-state index contributed by atoms with van der Waals surface area (Å²) in [5.74, 6) is 1.71. The van der Waals surface area contributed by atoms with Crippen LogP contribution in [0.15, 0.2) is 42.9 Å². The Bertz CT molecular complexity index is 354. The van der Waals surface area contributed by atoms with E-state index in [-0.39, 0.29) is 0 Å². The molecule has 0 saturated heterocycles. The van der Waals surface area contributed by atoms with Crippen LogP contribution < -0.4 is 15.5 Å². The van der Waals surface area contributed by atoms with Crippen LogP contribution in [0.25, 0.3) is 0 Å². The molecule has 0 fully saturated rings. The highest BCUT2D eigenvalue weighted by atomic mass is 16.6. The molecule has 0 amide bonds. The average molecular weight is 219 g/mol. The number of rotatable bonds is 0. The molecule has 5 heteroatoms. The second-order valence-electron chi connectivity index (χ2n) is 3.05. The standard InChI is InChI=1S/C7H8N2O.C4H5NO/c1-2-6-7(8-3-1)9-4-5-10-6;1-2-4-6-5-3-1/h1-3H,4-5H2,(H,8,9);1-5H. The number of fused-ring (bicyclic) bond motifs is 1. The first-order chi connectivity index (χ1) is 7.97. The summed E-state index contributed by atoms with van der Waals surface area (Å²) in [6, 6.07) is 3.78. The molecule has 0 spiro atoms. The zero-order chi connectivity index (χ0) is 11.1. The highest BCUT2D eigenvalue weighted by Crippen LogP contribution is 2.22. The summed E-state index contributed by atoms with van der Waals surface area (Å²) in [5, 5.41) is 3.13. The van der Waals surface area contributed by atoms with Gasteiger partial charge in [0.2, 0.25) is 0 Å². The quantitative estimate of drug-likeness (QED) is 0.691. The third-order valence-corrected chi connectivity index (χ3v) is 1.91. The Balaban J connectivity index is 0.000000138. The second-order valence-corrected chi connectivity index (χ2v) is 3.05. The van der Waals surface area contributed by atoms with E-state index in [0.29, 0.717) is 0 Å². The Labute approximate surface area is 93.7 Å². The normalized spacial score (nSPS) is 15.2. The van der Waals surface area contributed by atoms with Crippen molar-refractivity contribution in [1.82, 2.24) is 10.5 Å². The molecule has 3 heterocycles. The molecule has 1 aromatic heterocycles. The maximum Gasteiger partial charge on any atom is 0.168 e. The first kappa shape index (κ1) is 10.4. The van der Waals surface area contributed by atoms with Crippen molar-refractivity contribution in [2.24, 2.45) is 0 Å². The van der Waals surface area contributed by atoms with E-state index >= 15 is 0 Å². The van der Waals surface area contributed by atoms with Crippen LogP contribution in [0, 0.1) is 0 Å². The topological polar surface area (TPSA) is 55.4 Å². The molecular formula is C11H13N3O2. The van der Waals surface area contributed by atoms with E-state index < -0.39 is 0 Å². The third-order valence-electron chi connectivity index (χ3n) is 1.91. The molecule has 3 rings (SSSR count). The van der Waals surface area contributed by atoms with Crippen molar-refractivity contribution in [2.45, 2.75) is 0 Å². The summed E-state index contributed by atoms with van der Waals surface area (Å²) in [7, 11) is 0. The van der Waals surface area contributed by atoms with E-state index in [1.54, 1.807) is 24.7 Å². The minimum Gasteiger partial charge on any atom is -0.488 e. The molecule has 2 N–H and O–H groups in total. The zero-order valence-electron chi connectivity index (χ0n) is 8.72. The van der Waals surface area contributed by atoms with Crippen LogP contribution in [-0.2, 0) is 4.84 Å². The Kier molecular flexibility index (Phi) is 3.65. The van der Waals surface area contributed by atoms with E-state index in [2.05, 4.69) is 20.6 Å². The zero-order valence-corrected chi connectivity index (χ0v) is 8.72. The molecule has 0 bridgehead atoms. The van der Waals surface area contributed by atoms with Crippen LogP contribution in [0.4, 0.5) is 5.82 Å². The summed E-state index contributed by atoms with van der Waals surface area (Å²) >= 11 is 0. The number of aromatic nitrogens is 1. The number of pyridine rings is 1. The van der Waals surface area contributed by atoms with Crippen LogP contribution in [0.1, 0.15) is 0 Å². The summed E-state index contributed by atoms with van der Waals surface area (Å²) in [6.45, 7) is 1.59. The minimum absolute atomic E-state index is 0.735. The predicted molar refractivity (Wildman–Crippen MR) is 60.7 cm³/mol. The van der Waals surface area contributed by atoms with Crippen molar-refractivity contribution in [3.8, 4) is 5.75 Å². The number of hydroxylamine groups is 1. The van der Waals surface area contributed by atoms with Crippen LogP contribution in [0.5, 0.6) is 5.75 Å². The van der Waals surface area contributed by atoms with Crippen LogP contribution in [0.2, 0.25) is 0 Å². The molecule has 0 radical (unpaired) electrons. The molecule has 0 unspecified atom stereocenters. The highest BCUT2D eigenvalue weighted by molar-refractivity contribution is 5.50. The number of allylic oxidation sites excluding steroid dienone is 2. The molecule has 2 aliphatic rings. The number of hydrogen-bond acceptors (Lipinski definition) is 5. The van der Waals surface area contributed by atoms with Gasteiger partial charge in [-0.25, -0.2) is 10.5 Å². The van der Waals surface area contributed by atoms with E-state index in [9.17, 15) is 0 Å². The van der Waals surface area contributed by atoms with Gasteiger partial charge in [-0.1, -0.05) is 0 Å². The smallest absolute Gasteiger partial charge is 0.168 e. The molecule has 84 valence electrons. The van der Waals surface area contributed by atoms with Crippen molar-refractivity contribution in [3.05, 3.63) is 42.9 Å². The highest BCUT2D eigenvalue weighted by Gasteiger charge is 2.07. The third kappa shape index (κ3) is 2.91. The first-order valence-electron chi connectivity index (χ1n) is 5.01. The van der Waals surface area contributed by atoms with Crippen molar-refractivity contribution < 1.29 is 9.57 Å². The molecule has 1 aromatic rings.